The van der Waals surface area contributed by atoms with E-state index in [0.717, 1.165) is 21.0 Å². The van der Waals surface area contributed by atoms with Crippen molar-refractivity contribution >= 4 is 38.2 Å². The smallest absolute Gasteiger partial charge is 0.279 e. The van der Waals surface area contributed by atoms with E-state index in [1.54, 1.807) is 18.2 Å². The van der Waals surface area contributed by atoms with Gasteiger partial charge in [-0.05, 0) is 41.8 Å². The molecule has 0 saturated carbocycles. The molecule has 0 spiro atoms. The van der Waals surface area contributed by atoms with Gasteiger partial charge in [-0.15, -0.1) is 6.58 Å². The van der Waals surface area contributed by atoms with Crippen LogP contribution in [0.3, 0.4) is 0 Å². The quantitative estimate of drug-likeness (QED) is 0.292. The van der Waals surface area contributed by atoms with Gasteiger partial charge in [0.2, 0.25) is 0 Å². The number of para-hydroxylation sites is 1. The molecule has 0 unspecified atom stereocenters. The first-order chi connectivity index (χ1) is 15.7. The van der Waals surface area contributed by atoms with Gasteiger partial charge in [0.05, 0.1) is 10.2 Å². The molecule has 0 aliphatic rings. The van der Waals surface area contributed by atoms with Gasteiger partial charge in [0.15, 0.2) is 4.80 Å². The van der Waals surface area contributed by atoms with Crippen LogP contribution in [-0.2, 0) is 6.54 Å². The molecule has 0 aliphatic heterocycles. The highest BCUT2D eigenvalue weighted by Crippen LogP contribution is 2.28. The molecule has 0 radical (unpaired) electrons. The number of thiazole rings is 1. The molecule has 5 aromatic rings. The summed E-state index contributed by atoms with van der Waals surface area (Å²) in [5, 5.41) is 2.32. The number of nitrogens with zero attached hydrogens (tertiary/aromatic N) is 2. The van der Waals surface area contributed by atoms with Gasteiger partial charge in [-0.1, -0.05) is 72.0 Å². The lowest BCUT2D eigenvalue weighted by Gasteiger charge is -2.06. The molecule has 0 bridgehead atoms. The van der Waals surface area contributed by atoms with Crippen molar-refractivity contribution in [3.8, 4) is 11.5 Å². The van der Waals surface area contributed by atoms with E-state index < -0.39 is 0 Å². The number of rotatable bonds is 5. The Morgan fingerprint density at radius 3 is 2.56 bits per heavy atom. The van der Waals surface area contributed by atoms with Crippen LogP contribution in [0.15, 0.2) is 109 Å². The van der Waals surface area contributed by atoms with Crippen molar-refractivity contribution in [2.24, 2.45) is 4.99 Å². The third-order valence-electron chi connectivity index (χ3n) is 5.14. The lowest BCUT2D eigenvalue weighted by molar-refractivity contribution is 0.0997. The Morgan fingerprint density at radius 1 is 0.938 bits per heavy atom. The lowest BCUT2D eigenvalue weighted by Crippen LogP contribution is -2.16. The van der Waals surface area contributed by atoms with Crippen LogP contribution in [0.4, 0.5) is 0 Å². The predicted octanol–water partition coefficient (Wildman–Crippen LogP) is 6.58. The largest absolute Gasteiger partial charge is 0.457 e. The van der Waals surface area contributed by atoms with Gasteiger partial charge in [0, 0.05) is 17.5 Å². The number of hydrogen-bond donors (Lipinski definition) is 0. The number of benzene rings is 4. The Bertz CT molecular complexity index is 1510. The molecule has 5 heteroatoms. The molecule has 1 heterocycles. The Morgan fingerprint density at radius 2 is 1.72 bits per heavy atom. The molecule has 4 nitrogen and oxygen atoms in total. The molecule has 1 aromatic heterocycles. The Hall–Kier alpha value is -3.96. The van der Waals surface area contributed by atoms with Crippen LogP contribution >= 0.6 is 11.3 Å². The van der Waals surface area contributed by atoms with E-state index in [1.165, 1.54) is 11.3 Å². The number of hydrogen-bond acceptors (Lipinski definition) is 3. The summed E-state index contributed by atoms with van der Waals surface area (Å²) >= 11 is 1.52. The van der Waals surface area contributed by atoms with Gasteiger partial charge in [0.1, 0.15) is 11.5 Å². The minimum atomic E-state index is -0.308. The molecule has 0 saturated heterocycles. The second kappa shape index (κ2) is 8.65. The Kier molecular flexibility index (Phi) is 5.40. The fourth-order valence-corrected chi connectivity index (χ4v) is 4.83. The summed E-state index contributed by atoms with van der Waals surface area (Å²) in [7, 11) is 0. The first-order valence-corrected chi connectivity index (χ1v) is 11.1. The van der Waals surface area contributed by atoms with Crippen molar-refractivity contribution in [2.45, 2.75) is 6.54 Å². The molecule has 1 amide bonds. The Labute approximate surface area is 189 Å². The van der Waals surface area contributed by atoms with Crippen molar-refractivity contribution < 1.29 is 9.53 Å². The first-order valence-electron chi connectivity index (χ1n) is 10.3. The number of amides is 1. The highest BCUT2D eigenvalue weighted by molar-refractivity contribution is 7.17. The summed E-state index contributed by atoms with van der Waals surface area (Å²) in [6.45, 7) is 4.45. The van der Waals surface area contributed by atoms with Crippen LogP contribution in [0.1, 0.15) is 10.4 Å². The Balaban J connectivity index is 1.57. The number of allylic oxidation sites excluding steroid dienone is 1. The van der Waals surface area contributed by atoms with Crippen molar-refractivity contribution in [1.29, 1.82) is 0 Å². The summed E-state index contributed by atoms with van der Waals surface area (Å²) in [4.78, 5) is 18.2. The average Bonchev–Trinajstić information content (AvgIpc) is 3.17. The zero-order chi connectivity index (χ0) is 21.9. The molecule has 156 valence electrons. The first kappa shape index (κ1) is 20.0. The topological polar surface area (TPSA) is 43.6 Å². The SMILES string of the molecule is C=CCn1c(=NC(=O)c2cccc(Oc3ccccc3)c2)sc2c3ccccc3ccc21. The maximum atomic E-state index is 13.1. The van der Waals surface area contributed by atoms with Crippen LogP contribution in [-0.4, -0.2) is 10.5 Å². The van der Waals surface area contributed by atoms with E-state index in [1.807, 2.05) is 59.2 Å². The van der Waals surface area contributed by atoms with Gasteiger partial charge in [0.25, 0.3) is 5.91 Å². The summed E-state index contributed by atoms with van der Waals surface area (Å²) in [6.07, 6.45) is 1.82. The van der Waals surface area contributed by atoms with Gasteiger partial charge < -0.3 is 9.30 Å². The molecular formula is C27H20N2O2S. The minimum Gasteiger partial charge on any atom is -0.457 e. The molecular weight excluding hydrogens is 416 g/mol. The maximum absolute atomic E-state index is 13.1. The number of fused-ring (bicyclic) bond motifs is 3. The normalized spacial score (nSPS) is 11.7. The maximum Gasteiger partial charge on any atom is 0.279 e. The van der Waals surface area contributed by atoms with Gasteiger partial charge >= 0.3 is 0 Å². The fraction of sp³-hybridized carbons (Fsp3) is 0.0370. The van der Waals surface area contributed by atoms with Crippen molar-refractivity contribution in [2.75, 3.05) is 0 Å². The van der Waals surface area contributed by atoms with Crippen LogP contribution in [0, 0.1) is 0 Å². The van der Waals surface area contributed by atoms with Gasteiger partial charge in [-0.3, -0.25) is 4.79 Å². The van der Waals surface area contributed by atoms with E-state index in [4.69, 9.17) is 4.74 Å². The fourth-order valence-electron chi connectivity index (χ4n) is 3.66. The molecule has 4 aromatic carbocycles. The van der Waals surface area contributed by atoms with Crippen LogP contribution in [0.2, 0.25) is 0 Å². The standard InChI is InChI=1S/C27H20N2O2S/c1-2-17-29-24-16-15-19-9-6-7-14-23(19)25(24)32-27(29)28-26(30)20-10-8-13-22(18-20)31-21-11-4-3-5-12-21/h2-16,18H,1,17H2. The van der Waals surface area contributed by atoms with Crippen molar-refractivity contribution in [3.05, 3.63) is 114 Å². The monoisotopic (exact) mass is 436 g/mol. The van der Waals surface area contributed by atoms with E-state index in [-0.39, 0.29) is 5.91 Å². The molecule has 0 aliphatic carbocycles. The van der Waals surface area contributed by atoms with E-state index in [2.05, 4.69) is 35.8 Å². The van der Waals surface area contributed by atoms with Crippen LogP contribution < -0.4 is 9.54 Å². The number of ether oxygens (including phenoxy) is 1. The third-order valence-corrected chi connectivity index (χ3v) is 6.27. The molecule has 5 rings (SSSR count). The van der Waals surface area contributed by atoms with Crippen molar-refractivity contribution in [1.82, 2.24) is 4.57 Å². The second-order valence-electron chi connectivity index (χ2n) is 7.28. The second-order valence-corrected chi connectivity index (χ2v) is 8.26. The number of carbonyl (C=O) groups excluding carboxylic acids is 1. The van der Waals surface area contributed by atoms with Gasteiger partial charge in [-0.2, -0.15) is 4.99 Å². The summed E-state index contributed by atoms with van der Waals surface area (Å²) in [6, 6.07) is 29.0. The third kappa shape index (κ3) is 3.86. The van der Waals surface area contributed by atoms with Gasteiger partial charge in [-0.25, -0.2) is 0 Å². The highest BCUT2D eigenvalue weighted by atomic mass is 32.1. The van der Waals surface area contributed by atoms with Crippen molar-refractivity contribution in [3.63, 3.8) is 0 Å². The van der Waals surface area contributed by atoms with Crippen LogP contribution in [0.5, 0.6) is 11.5 Å². The van der Waals surface area contributed by atoms with E-state index in [0.29, 0.717) is 28.4 Å². The molecule has 0 fully saturated rings. The minimum absolute atomic E-state index is 0.308. The summed E-state index contributed by atoms with van der Waals surface area (Å²) in [5.41, 5.74) is 1.52. The van der Waals surface area contributed by atoms with E-state index >= 15 is 0 Å². The molecule has 0 N–H and O–H groups in total. The zero-order valence-electron chi connectivity index (χ0n) is 17.3. The number of aromatic nitrogens is 1. The van der Waals surface area contributed by atoms with E-state index in [9.17, 15) is 4.79 Å². The summed E-state index contributed by atoms with van der Waals surface area (Å²) < 4.78 is 9.01. The average molecular weight is 437 g/mol. The number of carbonyl (C=O) groups is 1. The molecule has 0 atom stereocenters. The zero-order valence-corrected chi connectivity index (χ0v) is 18.1. The summed E-state index contributed by atoms with van der Waals surface area (Å²) in [5.74, 6) is 1.00. The highest BCUT2D eigenvalue weighted by Gasteiger charge is 2.12. The predicted molar refractivity (Wildman–Crippen MR) is 130 cm³/mol. The molecule has 32 heavy (non-hydrogen) atoms. The van der Waals surface area contributed by atoms with Crippen LogP contribution in [0.25, 0.3) is 21.0 Å². The lowest BCUT2D eigenvalue weighted by atomic mass is 10.1.